The van der Waals surface area contributed by atoms with Crippen molar-refractivity contribution in [2.45, 2.75) is 43.9 Å². The average molecular weight is 386 g/mol. The number of para-hydroxylation sites is 1. The fourth-order valence-electron chi connectivity index (χ4n) is 3.74. The van der Waals surface area contributed by atoms with Crippen molar-refractivity contribution in [1.82, 2.24) is 4.98 Å². The summed E-state index contributed by atoms with van der Waals surface area (Å²) in [7, 11) is 0. The number of hydrogen-bond acceptors (Lipinski definition) is 2. The van der Waals surface area contributed by atoms with Crippen LogP contribution in [0.25, 0.3) is 10.9 Å². The standard InChI is InChI=1S/C22H21F3N2O/c1-20(2,15-8-4-3-5-9-15)14-21(28,22(23,24)25)12-19-17(13-26)16-10-6-7-11-18(16)27-19/h3-11,27-28H,12,14H2,1-2H3. The van der Waals surface area contributed by atoms with Gasteiger partial charge in [0.25, 0.3) is 0 Å². The van der Waals surface area contributed by atoms with E-state index in [1.165, 1.54) is 0 Å². The van der Waals surface area contributed by atoms with Crippen LogP contribution in [0, 0.1) is 11.3 Å². The van der Waals surface area contributed by atoms with Crippen molar-refractivity contribution in [3.63, 3.8) is 0 Å². The molecule has 3 aromatic rings. The molecule has 0 amide bonds. The number of hydrogen-bond donors (Lipinski definition) is 2. The summed E-state index contributed by atoms with van der Waals surface area (Å²) in [4.78, 5) is 2.89. The highest BCUT2D eigenvalue weighted by Crippen LogP contribution is 2.43. The molecular formula is C22H21F3N2O. The van der Waals surface area contributed by atoms with Crippen LogP contribution < -0.4 is 0 Å². The molecule has 28 heavy (non-hydrogen) atoms. The van der Waals surface area contributed by atoms with Gasteiger partial charge in [0.2, 0.25) is 0 Å². The highest BCUT2D eigenvalue weighted by atomic mass is 19.4. The third kappa shape index (κ3) is 3.63. The normalized spacial score (nSPS) is 14.6. The van der Waals surface area contributed by atoms with Crippen LogP contribution in [0.5, 0.6) is 0 Å². The molecule has 1 heterocycles. The van der Waals surface area contributed by atoms with Crippen molar-refractivity contribution in [2.24, 2.45) is 0 Å². The van der Waals surface area contributed by atoms with Crippen LogP contribution in [0.2, 0.25) is 0 Å². The number of alkyl halides is 3. The van der Waals surface area contributed by atoms with Gasteiger partial charge in [-0.25, -0.2) is 0 Å². The molecule has 0 saturated heterocycles. The number of nitrogens with one attached hydrogen (secondary N) is 1. The van der Waals surface area contributed by atoms with E-state index in [4.69, 9.17) is 0 Å². The summed E-state index contributed by atoms with van der Waals surface area (Å²) in [5.74, 6) is 0. The predicted octanol–water partition coefficient (Wildman–Crippen LogP) is 5.24. The van der Waals surface area contributed by atoms with E-state index in [2.05, 4.69) is 4.98 Å². The van der Waals surface area contributed by atoms with E-state index < -0.39 is 30.0 Å². The van der Waals surface area contributed by atoms with Gasteiger partial charge in [-0.15, -0.1) is 0 Å². The molecule has 0 radical (unpaired) electrons. The Morgan fingerprint density at radius 1 is 1.00 bits per heavy atom. The van der Waals surface area contributed by atoms with Crippen molar-refractivity contribution in [2.75, 3.05) is 0 Å². The maximum Gasteiger partial charge on any atom is 0.417 e. The van der Waals surface area contributed by atoms with E-state index in [0.717, 1.165) is 0 Å². The summed E-state index contributed by atoms with van der Waals surface area (Å²) in [5.41, 5.74) is -2.41. The molecule has 0 spiro atoms. The van der Waals surface area contributed by atoms with Gasteiger partial charge < -0.3 is 10.1 Å². The molecule has 146 valence electrons. The maximum atomic E-state index is 14.0. The number of nitrogens with zero attached hydrogens (tertiary/aromatic N) is 1. The van der Waals surface area contributed by atoms with E-state index in [0.29, 0.717) is 16.5 Å². The Kier molecular flexibility index (Phi) is 4.99. The molecule has 2 N–H and O–H groups in total. The zero-order valence-electron chi connectivity index (χ0n) is 15.6. The third-order valence-electron chi connectivity index (χ3n) is 5.18. The summed E-state index contributed by atoms with van der Waals surface area (Å²) in [6.45, 7) is 3.35. The number of aromatic nitrogens is 1. The molecule has 1 atom stereocenters. The van der Waals surface area contributed by atoms with Crippen molar-refractivity contribution in [3.8, 4) is 6.07 Å². The minimum atomic E-state index is -4.86. The number of halogens is 3. The highest BCUT2D eigenvalue weighted by Gasteiger charge is 2.56. The number of benzene rings is 2. The van der Waals surface area contributed by atoms with Gasteiger partial charge in [-0.05, 0) is 23.5 Å². The summed E-state index contributed by atoms with van der Waals surface area (Å²) in [5, 5.41) is 20.8. The number of aliphatic hydroxyl groups is 1. The van der Waals surface area contributed by atoms with Gasteiger partial charge in [0.1, 0.15) is 6.07 Å². The van der Waals surface area contributed by atoms with Gasteiger partial charge in [0.05, 0.1) is 5.56 Å². The van der Waals surface area contributed by atoms with Crippen LogP contribution in [0.1, 0.15) is 37.1 Å². The lowest BCUT2D eigenvalue weighted by Crippen LogP contribution is -2.51. The zero-order valence-corrected chi connectivity index (χ0v) is 15.6. The van der Waals surface area contributed by atoms with E-state index in [9.17, 15) is 23.5 Å². The molecule has 0 saturated carbocycles. The van der Waals surface area contributed by atoms with Gasteiger partial charge in [-0.1, -0.05) is 62.4 Å². The van der Waals surface area contributed by atoms with E-state index in [1.54, 1.807) is 68.4 Å². The van der Waals surface area contributed by atoms with Gasteiger partial charge in [-0.3, -0.25) is 0 Å². The van der Waals surface area contributed by atoms with E-state index >= 15 is 0 Å². The van der Waals surface area contributed by atoms with Crippen LogP contribution in [-0.2, 0) is 11.8 Å². The minimum Gasteiger partial charge on any atom is -0.380 e. The maximum absolute atomic E-state index is 14.0. The van der Waals surface area contributed by atoms with Crippen LogP contribution in [0.3, 0.4) is 0 Å². The summed E-state index contributed by atoms with van der Waals surface area (Å²) >= 11 is 0. The lowest BCUT2D eigenvalue weighted by Gasteiger charge is -2.38. The van der Waals surface area contributed by atoms with E-state index in [1.807, 2.05) is 6.07 Å². The molecule has 6 heteroatoms. The average Bonchev–Trinajstić information content (AvgIpc) is 2.97. The Labute approximate surface area is 161 Å². The molecule has 0 fully saturated rings. The fourth-order valence-corrected chi connectivity index (χ4v) is 3.74. The number of rotatable bonds is 5. The topological polar surface area (TPSA) is 59.8 Å². The lowest BCUT2D eigenvalue weighted by atomic mass is 9.73. The molecule has 3 nitrogen and oxygen atoms in total. The Hall–Kier alpha value is -2.78. The van der Waals surface area contributed by atoms with Gasteiger partial charge in [0.15, 0.2) is 5.60 Å². The minimum absolute atomic E-state index is 0.0902. The van der Waals surface area contributed by atoms with Crippen LogP contribution >= 0.6 is 0 Å². The SMILES string of the molecule is CC(C)(CC(O)(Cc1[nH]c2ccccc2c1C#N)C(F)(F)F)c1ccccc1. The molecule has 0 bridgehead atoms. The molecule has 0 aliphatic heterocycles. The Morgan fingerprint density at radius 2 is 1.61 bits per heavy atom. The zero-order chi connectivity index (χ0) is 20.6. The fraction of sp³-hybridized carbons (Fsp3) is 0.318. The van der Waals surface area contributed by atoms with Gasteiger partial charge >= 0.3 is 6.18 Å². The highest BCUT2D eigenvalue weighted by molar-refractivity contribution is 5.87. The molecule has 1 aromatic heterocycles. The second-order valence-electron chi connectivity index (χ2n) is 7.77. The first-order valence-corrected chi connectivity index (χ1v) is 8.92. The summed E-state index contributed by atoms with van der Waals surface area (Å²) < 4.78 is 41.9. The molecule has 0 aliphatic rings. The summed E-state index contributed by atoms with van der Waals surface area (Å²) in [6, 6.07) is 17.6. The molecule has 2 aromatic carbocycles. The van der Waals surface area contributed by atoms with Crippen molar-refractivity contribution in [3.05, 3.63) is 71.4 Å². The Balaban J connectivity index is 2.03. The van der Waals surface area contributed by atoms with Crippen molar-refractivity contribution >= 4 is 10.9 Å². The van der Waals surface area contributed by atoms with Gasteiger partial charge in [0, 0.05) is 23.0 Å². The molecule has 0 aliphatic carbocycles. The van der Waals surface area contributed by atoms with Crippen molar-refractivity contribution < 1.29 is 18.3 Å². The number of fused-ring (bicyclic) bond motifs is 1. The summed E-state index contributed by atoms with van der Waals surface area (Å²) in [6.07, 6.45) is -6.11. The molecule has 1 unspecified atom stereocenters. The van der Waals surface area contributed by atoms with Gasteiger partial charge in [-0.2, -0.15) is 18.4 Å². The van der Waals surface area contributed by atoms with Crippen molar-refractivity contribution in [1.29, 1.82) is 5.26 Å². The van der Waals surface area contributed by atoms with Crippen LogP contribution in [0.4, 0.5) is 13.2 Å². The first-order valence-electron chi connectivity index (χ1n) is 8.92. The second-order valence-corrected chi connectivity index (χ2v) is 7.77. The Morgan fingerprint density at radius 3 is 2.21 bits per heavy atom. The first kappa shape index (κ1) is 20.0. The number of aromatic amines is 1. The first-order chi connectivity index (χ1) is 13.1. The quantitative estimate of drug-likeness (QED) is 0.630. The number of H-pyrrole nitrogens is 1. The third-order valence-corrected chi connectivity index (χ3v) is 5.18. The molecule has 3 rings (SSSR count). The monoisotopic (exact) mass is 386 g/mol. The van der Waals surface area contributed by atoms with Crippen LogP contribution in [0.15, 0.2) is 54.6 Å². The predicted molar refractivity (Wildman–Crippen MR) is 102 cm³/mol. The second kappa shape index (κ2) is 6.99. The molecular weight excluding hydrogens is 365 g/mol. The Bertz CT molecular complexity index is 1020. The lowest BCUT2D eigenvalue weighted by molar-refractivity contribution is -0.266. The smallest absolute Gasteiger partial charge is 0.380 e. The largest absolute Gasteiger partial charge is 0.417 e. The van der Waals surface area contributed by atoms with E-state index in [-0.39, 0.29) is 11.3 Å². The number of nitriles is 1. The van der Waals surface area contributed by atoms with Crippen LogP contribution in [-0.4, -0.2) is 21.9 Å².